The maximum atomic E-state index is 11.0. The number of benzene rings is 2. The van der Waals surface area contributed by atoms with Gasteiger partial charge < -0.3 is 41.2 Å². The number of anilines is 2. The van der Waals surface area contributed by atoms with Crippen LogP contribution in [0.4, 0.5) is 11.4 Å². The fraction of sp³-hybridized carbons (Fsp3) is 0.462. The molecule has 238 valence electrons. The van der Waals surface area contributed by atoms with Gasteiger partial charge >= 0.3 is 0 Å². The van der Waals surface area contributed by atoms with Gasteiger partial charge in [0.1, 0.15) is 17.3 Å². The maximum absolute atomic E-state index is 11.0. The zero-order valence-corrected chi connectivity index (χ0v) is 24.9. The first-order valence-electron chi connectivity index (χ1n) is 12.8. The molecule has 2 unspecified atom stereocenters. The van der Waals surface area contributed by atoms with E-state index in [9.17, 15) is 37.3 Å². The van der Waals surface area contributed by atoms with E-state index in [2.05, 4.69) is 0 Å². The average Bonchev–Trinajstić information content (AvgIpc) is 2.86. The van der Waals surface area contributed by atoms with Crippen LogP contribution in [0.5, 0.6) is 11.5 Å². The van der Waals surface area contributed by atoms with Crippen LogP contribution in [0, 0.1) is 0 Å². The van der Waals surface area contributed by atoms with Gasteiger partial charge in [-0.05, 0) is 44.9 Å². The second-order valence-electron chi connectivity index (χ2n) is 9.60. The molecule has 2 atom stereocenters. The first-order chi connectivity index (χ1) is 18.7. The lowest BCUT2D eigenvalue weighted by atomic mass is 9.73. The van der Waals surface area contributed by atoms with Gasteiger partial charge in [0.05, 0.1) is 23.5 Å². The topological polar surface area (TPSA) is 259 Å². The number of aliphatic hydroxyl groups excluding tert-OH is 2. The third kappa shape index (κ3) is 8.94. The number of nitrogens with zero attached hydrogens (tertiary/aromatic N) is 2. The standard InChI is InChI=1S/C26H36N2O10S2.2H2O/c1-3-27(11-5-13-39(33,34)35)17-7-9-19(21(29)15-17)23-25(31)24(26(23)32)20-10-8-18(16-22(20)30)28(4-2)12-6-14-40(36,37)38;;/h7-10,15-16,23,25,29-32H,3-6,11-14H2,1-2H3,(H,33,34,35)(H,36,37,38);2*1H2. The summed E-state index contributed by atoms with van der Waals surface area (Å²) in [6.07, 6.45) is -0.848. The molecule has 14 nitrogen and oxygen atoms in total. The molecule has 1 aliphatic carbocycles. The van der Waals surface area contributed by atoms with E-state index in [1.165, 1.54) is 18.2 Å². The Morgan fingerprint density at radius 1 is 0.738 bits per heavy atom. The SMILES string of the molecule is CCN(CCCS(=O)(=O)O)c1ccc(C2=C(O)C(c3ccc(N(CC)CCCS(=O)(=O)O)cc3O)C2O)c(O)c1.O.O. The Labute approximate surface area is 245 Å². The quantitative estimate of drug-likeness (QED) is 0.159. The van der Waals surface area contributed by atoms with E-state index >= 15 is 0 Å². The zero-order valence-electron chi connectivity index (χ0n) is 23.3. The minimum Gasteiger partial charge on any atom is -0.511 e. The van der Waals surface area contributed by atoms with Gasteiger partial charge in [-0.2, -0.15) is 16.8 Å². The molecule has 3 rings (SSSR count). The largest absolute Gasteiger partial charge is 0.511 e. The Balaban J connectivity index is 0.00000441. The molecule has 0 bridgehead atoms. The van der Waals surface area contributed by atoms with Crippen molar-refractivity contribution in [2.24, 2.45) is 0 Å². The van der Waals surface area contributed by atoms with Gasteiger partial charge in [0, 0.05) is 66.4 Å². The van der Waals surface area contributed by atoms with E-state index in [1.54, 1.807) is 18.2 Å². The number of phenols is 2. The van der Waals surface area contributed by atoms with Crippen LogP contribution in [-0.2, 0) is 20.2 Å². The molecule has 0 amide bonds. The predicted molar refractivity (Wildman–Crippen MR) is 160 cm³/mol. The lowest BCUT2D eigenvalue weighted by Crippen LogP contribution is -2.33. The fourth-order valence-electron chi connectivity index (χ4n) is 4.91. The average molecular weight is 637 g/mol. The first-order valence-corrected chi connectivity index (χ1v) is 16.1. The van der Waals surface area contributed by atoms with E-state index in [-0.39, 0.29) is 69.3 Å². The van der Waals surface area contributed by atoms with Gasteiger partial charge in [-0.3, -0.25) is 9.11 Å². The van der Waals surface area contributed by atoms with Gasteiger partial charge in [0.25, 0.3) is 20.2 Å². The van der Waals surface area contributed by atoms with Crippen molar-refractivity contribution in [3.8, 4) is 11.5 Å². The Kier molecular flexibility index (Phi) is 13.1. The normalized spacial score (nSPS) is 16.7. The van der Waals surface area contributed by atoms with Crippen molar-refractivity contribution in [3.05, 3.63) is 53.3 Å². The van der Waals surface area contributed by atoms with Crippen molar-refractivity contribution in [3.63, 3.8) is 0 Å². The molecule has 10 N–H and O–H groups in total. The molecule has 0 saturated heterocycles. The highest BCUT2D eigenvalue weighted by Gasteiger charge is 2.43. The van der Waals surface area contributed by atoms with Crippen molar-refractivity contribution in [1.29, 1.82) is 0 Å². The number of rotatable bonds is 14. The third-order valence-electron chi connectivity index (χ3n) is 6.96. The van der Waals surface area contributed by atoms with Crippen LogP contribution >= 0.6 is 0 Å². The number of phenolic OH excluding ortho intramolecular Hbond substituents is 2. The van der Waals surface area contributed by atoms with Gasteiger partial charge in [-0.1, -0.05) is 6.07 Å². The van der Waals surface area contributed by atoms with Crippen LogP contribution in [0.2, 0.25) is 0 Å². The summed E-state index contributed by atoms with van der Waals surface area (Å²) >= 11 is 0. The highest BCUT2D eigenvalue weighted by atomic mass is 32.2. The smallest absolute Gasteiger partial charge is 0.264 e. The second kappa shape index (κ2) is 14.9. The van der Waals surface area contributed by atoms with Crippen molar-refractivity contribution < 1.29 is 57.3 Å². The highest BCUT2D eigenvalue weighted by molar-refractivity contribution is 7.86. The lowest BCUT2D eigenvalue weighted by molar-refractivity contribution is 0.151. The second-order valence-corrected chi connectivity index (χ2v) is 12.7. The van der Waals surface area contributed by atoms with Crippen molar-refractivity contribution in [2.75, 3.05) is 47.5 Å². The van der Waals surface area contributed by atoms with Crippen LogP contribution in [-0.4, -0.2) is 101 Å². The molecule has 0 spiro atoms. The molecule has 0 radical (unpaired) electrons. The fourth-order valence-corrected chi connectivity index (χ4v) is 5.89. The Bertz CT molecular complexity index is 1460. The van der Waals surface area contributed by atoms with E-state index < -0.39 is 32.3 Å². The van der Waals surface area contributed by atoms with Crippen LogP contribution in [0.3, 0.4) is 0 Å². The number of aromatic hydroxyl groups is 2. The summed E-state index contributed by atoms with van der Waals surface area (Å²) in [5.74, 6) is -2.29. The summed E-state index contributed by atoms with van der Waals surface area (Å²) in [6.45, 7) is 5.36. The monoisotopic (exact) mass is 636 g/mol. The molecule has 2 aromatic carbocycles. The first kappa shape index (κ1) is 36.9. The zero-order chi connectivity index (χ0) is 29.8. The summed E-state index contributed by atoms with van der Waals surface area (Å²) in [5, 5.41) is 43.1. The van der Waals surface area contributed by atoms with Crippen LogP contribution in [0.15, 0.2) is 42.2 Å². The van der Waals surface area contributed by atoms with Gasteiger partial charge in [0.15, 0.2) is 0 Å². The van der Waals surface area contributed by atoms with Crippen LogP contribution in [0.25, 0.3) is 5.57 Å². The number of hydrogen-bond donors (Lipinski definition) is 6. The van der Waals surface area contributed by atoms with E-state index in [0.717, 1.165) is 0 Å². The molecule has 42 heavy (non-hydrogen) atoms. The summed E-state index contributed by atoms with van der Waals surface area (Å²) in [6, 6.07) is 9.34. The summed E-state index contributed by atoms with van der Waals surface area (Å²) in [7, 11) is -8.16. The predicted octanol–water partition coefficient (Wildman–Crippen LogP) is 1.08. The van der Waals surface area contributed by atoms with E-state index in [4.69, 9.17) is 9.11 Å². The van der Waals surface area contributed by atoms with Crippen LogP contribution < -0.4 is 9.80 Å². The highest BCUT2D eigenvalue weighted by Crippen LogP contribution is 2.50. The molecule has 0 aromatic heterocycles. The molecular formula is C26H40N2O12S2. The summed E-state index contributed by atoms with van der Waals surface area (Å²) < 4.78 is 61.9. The summed E-state index contributed by atoms with van der Waals surface area (Å²) in [4.78, 5) is 3.62. The van der Waals surface area contributed by atoms with Crippen molar-refractivity contribution in [1.82, 2.24) is 0 Å². The van der Waals surface area contributed by atoms with E-state index in [1.807, 2.05) is 23.6 Å². The van der Waals surface area contributed by atoms with Gasteiger partial charge in [0.2, 0.25) is 0 Å². The van der Waals surface area contributed by atoms with Crippen molar-refractivity contribution in [2.45, 2.75) is 38.7 Å². The van der Waals surface area contributed by atoms with E-state index in [0.29, 0.717) is 37.6 Å². The molecule has 16 heteroatoms. The molecule has 0 heterocycles. The van der Waals surface area contributed by atoms with Crippen LogP contribution in [0.1, 0.15) is 43.7 Å². The molecule has 1 aliphatic rings. The summed E-state index contributed by atoms with van der Waals surface area (Å²) in [5.41, 5.74) is 1.80. The Morgan fingerprint density at radius 2 is 1.19 bits per heavy atom. The molecule has 0 fully saturated rings. The minimum absolute atomic E-state index is 0. The Hall–Kier alpha value is -3.12. The maximum Gasteiger partial charge on any atom is 0.264 e. The number of hydrogen-bond acceptors (Lipinski definition) is 10. The molecular weight excluding hydrogens is 596 g/mol. The van der Waals surface area contributed by atoms with Gasteiger partial charge in [-0.25, -0.2) is 0 Å². The minimum atomic E-state index is -4.08. The number of aliphatic hydroxyl groups is 2. The molecule has 0 saturated carbocycles. The van der Waals surface area contributed by atoms with Crippen molar-refractivity contribution >= 4 is 37.2 Å². The Morgan fingerprint density at radius 3 is 1.57 bits per heavy atom. The molecule has 0 aliphatic heterocycles. The van der Waals surface area contributed by atoms with Gasteiger partial charge in [-0.15, -0.1) is 0 Å². The third-order valence-corrected chi connectivity index (χ3v) is 8.57. The lowest BCUT2D eigenvalue weighted by Gasteiger charge is -2.37. The molecule has 2 aromatic rings.